The van der Waals surface area contributed by atoms with E-state index in [-0.39, 0.29) is 31.1 Å². The first-order valence-electron chi connectivity index (χ1n) is 25.0. The molecular formula is C52H94O6. The first-order chi connectivity index (χ1) is 28.5. The lowest BCUT2D eigenvalue weighted by molar-refractivity contribution is -0.167. The van der Waals surface area contributed by atoms with Gasteiger partial charge in [0.25, 0.3) is 0 Å². The van der Waals surface area contributed by atoms with Gasteiger partial charge in [-0.15, -0.1) is 0 Å². The molecule has 58 heavy (non-hydrogen) atoms. The molecule has 0 N–H and O–H groups in total. The van der Waals surface area contributed by atoms with E-state index in [2.05, 4.69) is 57.2 Å². The van der Waals surface area contributed by atoms with Crippen LogP contribution in [0, 0.1) is 0 Å². The molecule has 0 saturated carbocycles. The zero-order chi connectivity index (χ0) is 42.3. The highest BCUT2D eigenvalue weighted by atomic mass is 16.6. The molecule has 0 aliphatic carbocycles. The number of carbonyl (C=O) groups excluding carboxylic acids is 3. The summed E-state index contributed by atoms with van der Waals surface area (Å²) in [5.41, 5.74) is 0. The predicted molar refractivity (Wildman–Crippen MR) is 247 cm³/mol. The number of carbonyl (C=O) groups is 3. The van der Waals surface area contributed by atoms with Crippen LogP contribution in [0.25, 0.3) is 0 Å². The standard InChI is InChI=1S/C52H94O6/c1-4-7-10-13-16-18-20-22-24-26-28-30-32-34-36-39-42-45-51(54)57-48-49(47-56-50(53)44-41-38-15-12-9-6-3)58-52(55)46-43-40-37-35-33-31-29-27-25-23-21-19-17-14-11-8-5-2/h7,10,16,18,22,24,49H,4-6,8-9,11-15,17,19-21,23,25-48H2,1-3H3/b10-7-,18-16-,24-22-. The lowest BCUT2D eigenvalue weighted by Gasteiger charge is -2.18. The number of esters is 3. The summed E-state index contributed by atoms with van der Waals surface area (Å²) in [6.07, 6.45) is 54.4. The van der Waals surface area contributed by atoms with Gasteiger partial charge in [0.15, 0.2) is 6.10 Å². The van der Waals surface area contributed by atoms with Crippen molar-refractivity contribution in [2.45, 2.75) is 264 Å². The third-order valence-corrected chi connectivity index (χ3v) is 10.9. The van der Waals surface area contributed by atoms with E-state index in [1.54, 1.807) is 0 Å². The summed E-state index contributed by atoms with van der Waals surface area (Å²) in [7, 11) is 0. The van der Waals surface area contributed by atoms with E-state index in [1.165, 1.54) is 135 Å². The van der Waals surface area contributed by atoms with Crippen molar-refractivity contribution >= 4 is 17.9 Å². The van der Waals surface area contributed by atoms with E-state index in [0.29, 0.717) is 19.3 Å². The third kappa shape index (κ3) is 44.7. The maximum absolute atomic E-state index is 12.7. The van der Waals surface area contributed by atoms with E-state index in [9.17, 15) is 14.4 Å². The van der Waals surface area contributed by atoms with Crippen molar-refractivity contribution in [2.75, 3.05) is 13.2 Å². The van der Waals surface area contributed by atoms with Crippen LogP contribution in [0.3, 0.4) is 0 Å². The number of hydrogen-bond donors (Lipinski definition) is 0. The Labute approximate surface area is 359 Å². The predicted octanol–water partition coefficient (Wildman–Crippen LogP) is 16.1. The monoisotopic (exact) mass is 815 g/mol. The van der Waals surface area contributed by atoms with Crippen molar-refractivity contribution in [1.29, 1.82) is 0 Å². The number of ether oxygens (including phenoxy) is 3. The summed E-state index contributed by atoms with van der Waals surface area (Å²) in [6, 6.07) is 0. The molecule has 0 heterocycles. The summed E-state index contributed by atoms with van der Waals surface area (Å²) in [6.45, 7) is 6.48. The van der Waals surface area contributed by atoms with Gasteiger partial charge in [-0.1, -0.05) is 224 Å². The van der Waals surface area contributed by atoms with Crippen molar-refractivity contribution in [1.82, 2.24) is 0 Å². The fourth-order valence-electron chi connectivity index (χ4n) is 7.16. The fraction of sp³-hybridized carbons (Fsp3) is 0.827. The summed E-state index contributed by atoms with van der Waals surface area (Å²) < 4.78 is 16.7. The van der Waals surface area contributed by atoms with Crippen LogP contribution in [0.15, 0.2) is 36.5 Å². The minimum absolute atomic E-state index is 0.0729. The molecule has 0 radical (unpaired) electrons. The van der Waals surface area contributed by atoms with Crippen molar-refractivity contribution in [2.24, 2.45) is 0 Å². The molecule has 0 aromatic rings. The van der Waals surface area contributed by atoms with Crippen LogP contribution >= 0.6 is 0 Å². The maximum atomic E-state index is 12.7. The van der Waals surface area contributed by atoms with Crippen LogP contribution < -0.4 is 0 Å². The number of allylic oxidation sites excluding steroid dienone is 6. The van der Waals surface area contributed by atoms with Crippen molar-refractivity contribution < 1.29 is 28.6 Å². The molecule has 0 bridgehead atoms. The van der Waals surface area contributed by atoms with E-state index in [4.69, 9.17) is 14.2 Å². The van der Waals surface area contributed by atoms with Crippen LogP contribution in [-0.2, 0) is 28.6 Å². The van der Waals surface area contributed by atoms with Crippen LogP contribution in [0.2, 0.25) is 0 Å². The SMILES string of the molecule is CC/C=C\C/C=C\C/C=C\CCCCCCCCCC(=O)OCC(COC(=O)CCCCCCCC)OC(=O)CCCCCCCCCCCCCCCCCCC. The quantitative estimate of drug-likeness (QED) is 0.0264. The minimum Gasteiger partial charge on any atom is -0.462 e. The van der Waals surface area contributed by atoms with Gasteiger partial charge in [-0.2, -0.15) is 0 Å². The maximum Gasteiger partial charge on any atom is 0.306 e. The molecule has 0 aliphatic rings. The average molecular weight is 815 g/mol. The fourth-order valence-corrected chi connectivity index (χ4v) is 7.16. The Morgan fingerprint density at radius 3 is 1.05 bits per heavy atom. The van der Waals surface area contributed by atoms with Gasteiger partial charge >= 0.3 is 17.9 Å². The minimum atomic E-state index is -0.768. The Hall–Kier alpha value is -2.37. The topological polar surface area (TPSA) is 78.9 Å². The van der Waals surface area contributed by atoms with E-state index in [1.807, 2.05) is 0 Å². The molecule has 0 spiro atoms. The summed E-state index contributed by atoms with van der Waals surface area (Å²) in [5, 5.41) is 0. The average Bonchev–Trinajstić information content (AvgIpc) is 3.22. The second-order valence-corrected chi connectivity index (χ2v) is 16.7. The van der Waals surface area contributed by atoms with E-state index >= 15 is 0 Å². The van der Waals surface area contributed by atoms with Gasteiger partial charge in [-0.25, -0.2) is 0 Å². The Bertz CT molecular complexity index is 984. The first kappa shape index (κ1) is 55.6. The molecule has 0 fully saturated rings. The van der Waals surface area contributed by atoms with Gasteiger partial charge < -0.3 is 14.2 Å². The second kappa shape index (κ2) is 47.3. The molecule has 1 unspecified atom stereocenters. The molecule has 1 atom stereocenters. The smallest absolute Gasteiger partial charge is 0.306 e. The van der Waals surface area contributed by atoms with Crippen LogP contribution in [0.4, 0.5) is 0 Å². The molecule has 6 nitrogen and oxygen atoms in total. The van der Waals surface area contributed by atoms with Gasteiger partial charge in [0.05, 0.1) is 0 Å². The van der Waals surface area contributed by atoms with Crippen molar-refractivity contribution in [3.05, 3.63) is 36.5 Å². The highest BCUT2D eigenvalue weighted by Crippen LogP contribution is 2.16. The Morgan fingerprint density at radius 2 is 0.672 bits per heavy atom. The van der Waals surface area contributed by atoms with Crippen LogP contribution in [-0.4, -0.2) is 37.2 Å². The lowest BCUT2D eigenvalue weighted by Crippen LogP contribution is -2.30. The van der Waals surface area contributed by atoms with Gasteiger partial charge in [-0.05, 0) is 51.4 Å². The number of unbranched alkanes of at least 4 members (excludes halogenated alkanes) is 28. The Kier molecular flexibility index (Phi) is 45.4. The zero-order valence-corrected chi connectivity index (χ0v) is 38.6. The molecular weight excluding hydrogens is 721 g/mol. The number of rotatable bonds is 45. The normalized spacial score (nSPS) is 12.3. The molecule has 0 aromatic carbocycles. The molecule has 0 rings (SSSR count). The summed E-state index contributed by atoms with van der Waals surface area (Å²) in [5.74, 6) is -0.883. The highest BCUT2D eigenvalue weighted by molar-refractivity contribution is 5.71. The second-order valence-electron chi connectivity index (χ2n) is 16.7. The largest absolute Gasteiger partial charge is 0.462 e. The van der Waals surface area contributed by atoms with E-state index in [0.717, 1.165) is 83.5 Å². The molecule has 0 amide bonds. The van der Waals surface area contributed by atoms with E-state index < -0.39 is 6.10 Å². The van der Waals surface area contributed by atoms with Crippen LogP contribution in [0.5, 0.6) is 0 Å². The first-order valence-corrected chi connectivity index (χ1v) is 25.0. The molecule has 338 valence electrons. The zero-order valence-electron chi connectivity index (χ0n) is 38.6. The van der Waals surface area contributed by atoms with Crippen molar-refractivity contribution in [3.8, 4) is 0 Å². The number of hydrogen-bond acceptors (Lipinski definition) is 6. The Balaban J connectivity index is 4.21. The summed E-state index contributed by atoms with van der Waals surface area (Å²) in [4.78, 5) is 37.7. The highest BCUT2D eigenvalue weighted by Gasteiger charge is 2.19. The van der Waals surface area contributed by atoms with Crippen LogP contribution in [0.1, 0.15) is 258 Å². The van der Waals surface area contributed by atoms with Gasteiger partial charge in [-0.3, -0.25) is 14.4 Å². The lowest BCUT2D eigenvalue weighted by atomic mass is 10.0. The Morgan fingerprint density at radius 1 is 0.362 bits per heavy atom. The molecule has 0 aliphatic heterocycles. The van der Waals surface area contributed by atoms with Crippen molar-refractivity contribution in [3.63, 3.8) is 0 Å². The van der Waals surface area contributed by atoms with Gasteiger partial charge in [0.1, 0.15) is 13.2 Å². The molecule has 0 saturated heterocycles. The molecule has 0 aromatic heterocycles. The summed E-state index contributed by atoms with van der Waals surface area (Å²) >= 11 is 0. The third-order valence-electron chi connectivity index (χ3n) is 10.9. The van der Waals surface area contributed by atoms with Gasteiger partial charge in [0.2, 0.25) is 0 Å². The molecule has 6 heteroatoms. The van der Waals surface area contributed by atoms with Gasteiger partial charge in [0, 0.05) is 19.3 Å².